The van der Waals surface area contributed by atoms with Crippen molar-refractivity contribution in [2.45, 2.75) is 4.90 Å². The van der Waals surface area contributed by atoms with E-state index in [-0.39, 0.29) is 10.6 Å². The number of halogens is 2. The van der Waals surface area contributed by atoms with E-state index in [0.717, 1.165) is 12.1 Å². The van der Waals surface area contributed by atoms with Crippen LogP contribution >= 0.6 is 15.9 Å². The molecule has 2 aromatic carbocycles. The Hall–Kier alpha value is -2.00. The lowest BCUT2D eigenvalue weighted by Crippen LogP contribution is -2.14. The molecule has 0 bridgehead atoms. The summed E-state index contributed by atoms with van der Waals surface area (Å²) in [6.07, 6.45) is 0. The van der Waals surface area contributed by atoms with Gasteiger partial charge in [0.25, 0.3) is 15.7 Å². The summed E-state index contributed by atoms with van der Waals surface area (Å²) in [7, 11) is -3.98. The van der Waals surface area contributed by atoms with Gasteiger partial charge in [-0.2, -0.15) is 0 Å². The fraction of sp³-hybridized carbons (Fsp3) is 0. The molecule has 0 unspecified atom stereocenters. The predicted octanol–water partition coefficient (Wildman–Crippen LogP) is 3.30. The number of benzene rings is 2. The smallest absolute Gasteiger partial charge is 0.272 e. The molecule has 2 rings (SSSR count). The van der Waals surface area contributed by atoms with Crippen molar-refractivity contribution in [2.75, 3.05) is 4.72 Å². The van der Waals surface area contributed by atoms with Crippen LogP contribution in [0.25, 0.3) is 0 Å². The van der Waals surface area contributed by atoms with E-state index >= 15 is 0 Å². The van der Waals surface area contributed by atoms with Crippen molar-refractivity contribution in [3.63, 3.8) is 0 Å². The first-order valence-electron chi connectivity index (χ1n) is 5.52. The molecule has 0 radical (unpaired) electrons. The highest BCUT2D eigenvalue weighted by Crippen LogP contribution is 2.24. The molecular formula is C12H8BrFN2O4S. The molecular weight excluding hydrogens is 367 g/mol. The number of nitro groups is 1. The highest BCUT2D eigenvalue weighted by molar-refractivity contribution is 9.10. The number of anilines is 1. The number of nitrogens with one attached hydrogen (secondary N) is 1. The second kappa shape index (κ2) is 5.78. The third-order valence-corrected chi connectivity index (χ3v) is 4.37. The van der Waals surface area contributed by atoms with E-state index in [1.807, 2.05) is 4.72 Å². The van der Waals surface area contributed by atoms with Crippen molar-refractivity contribution >= 4 is 37.3 Å². The maximum absolute atomic E-state index is 13.7. The van der Waals surface area contributed by atoms with Crippen molar-refractivity contribution in [2.24, 2.45) is 0 Å². The Balaban J connectivity index is 2.35. The van der Waals surface area contributed by atoms with Crippen LogP contribution in [0.1, 0.15) is 0 Å². The standard InChI is InChI=1S/C12H8BrFN2O4S/c13-8-2-1-3-10(6-8)21(19,20)15-12-5-4-9(16(17)18)7-11(12)14/h1-7,15H. The number of hydrogen-bond acceptors (Lipinski definition) is 4. The molecule has 0 saturated carbocycles. The minimum absolute atomic E-state index is 0.0605. The molecule has 0 fully saturated rings. The molecule has 0 aliphatic heterocycles. The zero-order valence-corrected chi connectivity index (χ0v) is 12.7. The molecule has 0 spiro atoms. The van der Waals surface area contributed by atoms with Crippen molar-refractivity contribution in [1.82, 2.24) is 0 Å². The summed E-state index contributed by atoms with van der Waals surface area (Å²) in [5.41, 5.74) is -0.821. The van der Waals surface area contributed by atoms with Crippen molar-refractivity contribution in [3.8, 4) is 0 Å². The van der Waals surface area contributed by atoms with E-state index in [1.54, 1.807) is 6.07 Å². The summed E-state index contributed by atoms with van der Waals surface area (Å²) in [5.74, 6) is -1.03. The zero-order valence-electron chi connectivity index (χ0n) is 10.3. The predicted molar refractivity (Wildman–Crippen MR) is 78.0 cm³/mol. The Morgan fingerprint density at radius 1 is 1.19 bits per heavy atom. The highest BCUT2D eigenvalue weighted by Gasteiger charge is 2.18. The quantitative estimate of drug-likeness (QED) is 0.656. The third-order valence-electron chi connectivity index (χ3n) is 2.51. The van der Waals surface area contributed by atoms with E-state index in [0.29, 0.717) is 10.5 Å². The van der Waals surface area contributed by atoms with E-state index in [9.17, 15) is 22.9 Å². The highest BCUT2D eigenvalue weighted by atomic mass is 79.9. The molecule has 6 nitrogen and oxygen atoms in total. The van der Waals surface area contributed by atoms with Gasteiger partial charge < -0.3 is 0 Å². The zero-order chi connectivity index (χ0) is 15.6. The molecule has 0 saturated heterocycles. The first-order chi connectivity index (χ1) is 9.79. The van der Waals surface area contributed by atoms with E-state index in [4.69, 9.17) is 0 Å². The van der Waals surface area contributed by atoms with Crippen LogP contribution in [0.2, 0.25) is 0 Å². The van der Waals surface area contributed by atoms with Crippen LogP contribution in [0.3, 0.4) is 0 Å². The molecule has 0 aliphatic carbocycles. The van der Waals surface area contributed by atoms with Gasteiger partial charge in [-0.25, -0.2) is 12.8 Å². The van der Waals surface area contributed by atoms with E-state index in [2.05, 4.69) is 15.9 Å². The minimum atomic E-state index is -3.98. The van der Waals surface area contributed by atoms with Crippen molar-refractivity contribution in [1.29, 1.82) is 0 Å². The Morgan fingerprint density at radius 2 is 1.90 bits per heavy atom. The molecule has 0 aliphatic rings. The Kier molecular flexibility index (Phi) is 4.24. The normalized spacial score (nSPS) is 11.1. The minimum Gasteiger partial charge on any atom is -0.277 e. The monoisotopic (exact) mass is 374 g/mol. The molecule has 0 atom stereocenters. The largest absolute Gasteiger partial charge is 0.277 e. The molecule has 0 amide bonds. The Bertz CT molecular complexity index is 811. The van der Waals surface area contributed by atoms with Gasteiger partial charge in [0, 0.05) is 10.5 Å². The van der Waals surface area contributed by atoms with Gasteiger partial charge in [0.2, 0.25) is 0 Å². The summed E-state index contributed by atoms with van der Waals surface area (Å²) in [5, 5.41) is 10.5. The second-order valence-corrected chi connectivity index (χ2v) is 6.58. The van der Waals surface area contributed by atoms with Crippen LogP contribution in [-0.4, -0.2) is 13.3 Å². The molecule has 9 heteroatoms. The van der Waals surface area contributed by atoms with Crippen LogP contribution < -0.4 is 4.72 Å². The van der Waals surface area contributed by atoms with Gasteiger partial charge >= 0.3 is 0 Å². The summed E-state index contributed by atoms with van der Waals surface area (Å²) < 4.78 is 40.5. The summed E-state index contributed by atoms with van der Waals surface area (Å²) in [4.78, 5) is 9.67. The fourth-order valence-corrected chi connectivity index (χ4v) is 3.20. The van der Waals surface area contributed by atoms with E-state index in [1.165, 1.54) is 18.2 Å². The number of nitrogens with zero attached hydrogens (tertiary/aromatic N) is 1. The summed E-state index contributed by atoms with van der Waals surface area (Å²) in [6.45, 7) is 0. The number of rotatable bonds is 4. The van der Waals surface area contributed by atoms with Crippen LogP contribution in [0.15, 0.2) is 51.8 Å². The molecule has 0 heterocycles. The number of nitro benzene ring substituents is 1. The molecule has 21 heavy (non-hydrogen) atoms. The first kappa shape index (κ1) is 15.4. The van der Waals surface area contributed by atoms with Crippen molar-refractivity contribution < 1.29 is 17.7 Å². The van der Waals surface area contributed by atoms with Gasteiger partial charge in [0.15, 0.2) is 5.82 Å². The maximum Gasteiger partial charge on any atom is 0.272 e. The van der Waals surface area contributed by atoms with Crippen LogP contribution in [0, 0.1) is 15.9 Å². The topological polar surface area (TPSA) is 89.3 Å². The summed E-state index contributed by atoms with van der Waals surface area (Å²) >= 11 is 3.14. The average molecular weight is 375 g/mol. The second-order valence-electron chi connectivity index (χ2n) is 3.98. The van der Waals surface area contributed by atoms with Gasteiger partial charge in [-0.15, -0.1) is 0 Å². The van der Waals surface area contributed by atoms with Crippen LogP contribution in [-0.2, 0) is 10.0 Å². The molecule has 1 N–H and O–H groups in total. The average Bonchev–Trinajstić information content (AvgIpc) is 2.40. The van der Waals surface area contributed by atoms with Gasteiger partial charge in [-0.05, 0) is 24.3 Å². The SMILES string of the molecule is O=[N+]([O-])c1ccc(NS(=O)(=O)c2cccc(Br)c2)c(F)c1. The Morgan fingerprint density at radius 3 is 2.48 bits per heavy atom. The lowest BCUT2D eigenvalue weighted by molar-refractivity contribution is -0.385. The number of hydrogen-bond donors (Lipinski definition) is 1. The molecule has 2 aromatic rings. The van der Waals surface area contributed by atoms with Gasteiger partial charge in [0.05, 0.1) is 21.6 Å². The first-order valence-corrected chi connectivity index (χ1v) is 7.79. The van der Waals surface area contributed by atoms with Gasteiger partial charge in [-0.1, -0.05) is 22.0 Å². The molecule has 0 aromatic heterocycles. The third kappa shape index (κ3) is 3.56. The van der Waals surface area contributed by atoms with Crippen molar-refractivity contribution in [3.05, 3.63) is 62.9 Å². The lowest BCUT2D eigenvalue weighted by atomic mass is 10.3. The summed E-state index contributed by atoms with van der Waals surface area (Å²) in [6, 6.07) is 8.53. The Labute approximate surface area is 127 Å². The van der Waals surface area contributed by atoms with Gasteiger partial charge in [-0.3, -0.25) is 14.8 Å². The van der Waals surface area contributed by atoms with Crippen LogP contribution in [0.5, 0.6) is 0 Å². The van der Waals surface area contributed by atoms with Crippen LogP contribution in [0.4, 0.5) is 15.8 Å². The van der Waals surface area contributed by atoms with Gasteiger partial charge in [0.1, 0.15) is 0 Å². The number of sulfonamides is 1. The number of non-ortho nitro benzene ring substituents is 1. The molecule has 110 valence electrons. The van der Waals surface area contributed by atoms with E-state index < -0.39 is 26.5 Å². The fourth-order valence-electron chi connectivity index (χ4n) is 1.54. The lowest BCUT2D eigenvalue weighted by Gasteiger charge is -2.09. The maximum atomic E-state index is 13.7.